The molecule has 1 N–H and O–H groups in total. The van der Waals surface area contributed by atoms with E-state index in [1.807, 2.05) is 0 Å². The Kier molecular flexibility index (Phi) is 2.26. The molecule has 0 aromatic carbocycles. The van der Waals surface area contributed by atoms with Gasteiger partial charge in [0.25, 0.3) is 0 Å². The van der Waals surface area contributed by atoms with Crippen LogP contribution in [0, 0.1) is 12.3 Å². The SMILES string of the molecule is C#Cc1cnc(N2CC3CCC(C2)N3)nc1. The summed E-state index contributed by atoms with van der Waals surface area (Å²) >= 11 is 0. The molecule has 4 nitrogen and oxygen atoms in total. The first-order chi connectivity index (χ1) is 7.85. The molecule has 0 radical (unpaired) electrons. The van der Waals surface area contributed by atoms with Crippen molar-refractivity contribution in [2.24, 2.45) is 0 Å². The highest BCUT2D eigenvalue weighted by molar-refractivity contribution is 5.36. The molecule has 82 valence electrons. The normalized spacial score (nSPS) is 27.8. The lowest BCUT2D eigenvalue weighted by Gasteiger charge is -2.32. The maximum atomic E-state index is 5.28. The third-order valence-corrected chi connectivity index (χ3v) is 3.30. The van der Waals surface area contributed by atoms with Crippen LogP contribution in [-0.4, -0.2) is 35.1 Å². The van der Waals surface area contributed by atoms with Gasteiger partial charge in [0.05, 0.1) is 5.56 Å². The molecule has 0 saturated carbocycles. The first kappa shape index (κ1) is 9.61. The van der Waals surface area contributed by atoms with Crippen molar-refractivity contribution in [2.45, 2.75) is 24.9 Å². The summed E-state index contributed by atoms with van der Waals surface area (Å²) < 4.78 is 0. The molecule has 2 unspecified atom stereocenters. The van der Waals surface area contributed by atoms with Crippen molar-refractivity contribution in [3.63, 3.8) is 0 Å². The smallest absolute Gasteiger partial charge is 0.225 e. The van der Waals surface area contributed by atoms with Crippen molar-refractivity contribution in [2.75, 3.05) is 18.0 Å². The molecule has 2 atom stereocenters. The van der Waals surface area contributed by atoms with Gasteiger partial charge in [0.15, 0.2) is 0 Å². The molecule has 0 amide bonds. The van der Waals surface area contributed by atoms with E-state index in [1.54, 1.807) is 12.4 Å². The minimum atomic E-state index is 0.606. The first-order valence-electron chi connectivity index (χ1n) is 5.65. The molecule has 0 spiro atoms. The van der Waals surface area contributed by atoms with Crippen molar-refractivity contribution in [1.29, 1.82) is 0 Å². The summed E-state index contributed by atoms with van der Waals surface area (Å²) in [6, 6.07) is 1.21. The summed E-state index contributed by atoms with van der Waals surface area (Å²) in [6.07, 6.45) is 11.2. The van der Waals surface area contributed by atoms with Gasteiger partial charge in [-0.3, -0.25) is 0 Å². The summed E-state index contributed by atoms with van der Waals surface area (Å²) in [5, 5.41) is 3.58. The predicted molar refractivity (Wildman–Crippen MR) is 62.1 cm³/mol. The number of fused-ring (bicyclic) bond motifs is 2. The van der Waals surface area contributed by atoms with Gasteiger partial charge in [-0.15, -0.1) is 6.42 Å². The number of piperazine rings is 1. The second kappa shape index (κ2) is 3.76. The van der Waals surface area contributed by atoms with Crippen LogP contribution in [0.5, 0.6) is 0 Å². The van der Waals surface area contributed by atoms with Crippen LogP contribution in [-0.2, 0) is 0 Å². The Hall–Kier alpha value is -1.60. The number of rotatable bonds is 1. The van der Waals surface area contributed by atoms with E-state index in [4.69, 9.17) is 6.42 Å². The molecule has 2 aliphatic rings. The highest BCUT2D eigenvalue weighted by Crippen LogP contribution is 2.22. The van der Waals surface area contributed by atoms with Gasteiger partial charge in [0.1, 0.15) is 0 Å². The molecule has 2 aliphatic heterocycles. The Labute approximate surface area is 95.1 Å². The standard InChI is InChI=1S/C12H14N4/c1-2-9-5-13-12(14-6-9)16-7-10-3-4-11(8-16)15-10/h1,5-6,10-11,15H,3-4,7-8H2. The van der Waals surface area contributed by atoms with E-state index < -0.39 is 0 Å². The van der Waals surface area contributed by atoms with Crippen LogP contribution >= 0.6 is 0 Å². The van der Waals surface area contributed by atoms with Gasteiger partial charge < -0.3 is 10.2 Å². The summed E-state index contributed by atoms with van der Waals surface area (Å²) in [4.78, 5) is 10.9. The van der Waals surface area contributed by atoms with Crippen molar-refractivity contribution >= 4 is 5.95 Å². The van der Waals surface area contributed by atoms with Crippen molar-refractivity contribution in [1.82, 2.24) is 15.3 Å². The fourth-order valence-corrected chi connectivity index (χ4v) is 2.52. The average molecular weight is 214 g/mol. The fourth-order valence-electron chi connectivity index (χ4n) is 2.52. The van der Waals surface area contributed by atoms with E-state index in [9.17, 15) is 0 Å². The minimum Gasteiger partial charge on any atom is -0.338 e. The average Bonchev–Trinajstić information content (AvgIpc) is 2.68. The van der Waals surface area contributed by atoms with E-state index in [0.29, 0.717) is 12.1 Å². The highest BCUT2D eigenvalue weighted by Gasteiger charge is 2.32. The molecule has 0 aliphatic carbocycles. The number of terminal acetylenes is 1. The third kappa shape index (κ3) is 1.63. The number of nitrogens with one attached hydrogen (secondary N) is 1. The maximum absolute atomic E-state index is 5.28. The predicted octanol–water partition coefficient (Wildman–Crippen LogP) is 0.398. The Morgan fingerprint density at radius 1 is 1.25 bits per heavy atom. The fraction of sp³-hybridized carbons (Fsp3) is 0.500. The number of aromatic nitrogens is 2. The number of nitrogens with zero attached hydrogens (tertiary/aromatic N) is 3. The number of hydrogen-bond acceptors (Lipinski definition) is 4. The lowest BCUT2D eigenvalue weighted by molar-refractivity contribution is 0.460. The maximum Gasteiger partial charge on any atom is 0.225 e. The molecule has 1 aromatic heterocycles. The molecule has 2 fully saturated rings. The number of anilines is 1. The van der Waals surface area contributed by atoms with E-state index >= 15 is 0 Å². The molecular weight excluding hydrogens is 200 g/mol. The molecular formula is C12H14N4. The largest absolute Gasteiger partial charge is 0.338 e. The molecule has 16 heavy (non-hydrogen) atoms. The molecule has 3 heterocycles. The number of hydrogen-bond donors (Lipinski definition) is 1. The van der Waals surface area contributed by atoms with Crippen LogP contribution in [0.4, 0.5) is 5.95 Å². The Balaban J connectivity index is 1.79. The van der Waals surface area contributed by atoms with Crippen LogP contribution in [0.25, 0.3) is 0 Å². The Bertz CT molecular complexity index is 408. The van der Waals surface area contributed by atoms with Crippen LogP contribution in [0.2, 0.25) is 0 Å². The monoisotopic (exact) mass is 214 g/mol. The van der Waals surface area contributed by atoms with Gasteiger partial charge >= 0.3 is 0 Å². The Morgan fingerprint density at radius 3 is 2.44 bits per heavy atom. The minimum absolute atomic E-state index is 0.606. The van der Waals surface area contributed by atoms with Gasteiger partial charge in [-0.1, -0.05) is 5.92 Å². The van der Waals surface area contributed by atoms with Crippen molar-refractivity contribution in [3.05, 3.63) is 18.0 Å². The van der Waals surface area contributed by atoms with Crippen molar-refractivity contribution < 1.29 is 0 Å². The zero-order valence-corrected chi connectivity index (χ0v) is 9.06. The first-order valence-corrected chi connectivity index (χ1v) is 5.65. The quantitative estimate of drug-likeness (QED) is 0.687. The van der Waals surface area contributed by atoms with Gasteiger partial charge in [0, 0.05) is 37.6 Å². The van der Waals surface area contributed by atoms with Crippen LogP contribution in [0.15, 0.2) is 12.4 Å². The lowest BCUT2D eigenvalue weighted by atomic mass is 10.2. The molecule has 2 saturated heterocycles. The van der Waals surface area contributed by atoms with Gasteiger partial charge in [0.2, 0.25) is 5.95 Å². The second-order valence-corrected chi connectivity index (χ2v) is 4.46. The highest BCUT2D eigenvalue weighted by atomic mass is 15.3. The summed E-state index contributed by atoms with van der Waals surface area (Å²) in [6.45, 7) is 2.01. The zero-order chi connectivity index (χ0) is 11.0. The molecule has 3 rings (SSSR count). The second-order valence-electron chi connectivity index (χ2n) is 4.46. The van der Waals surface area contributed by atoms with E-state index in [1.165, 1.54) is 12.8 Å². The summed E-state index contributed by atoms with van der Waals surface area (Å²) in [7, 11) is 0. The summed E-state index contributed by atoms with van der Waals surface area (Å²) in [5.41, 5.74) is 0.738. The van der Waals surface area contributed by atoms with Crippen LogP contribution in [0.1, 0.15) is 18.4 Å². The lowest BCUT2D eigenvalue weighted by Crippen LogP contribution is -2.51. The zero-order valence-electron chi connectivity index (χ0n) is 9.06. The van der Waals surface area contributed by atoms with Crippen LogP contribution in [0.3, 0.4) is 0 Å². The van der Waals surface area contributed by atoms with E-state index in [2.05, 4.69) is 26.1 Å². The summed E-state index contributed by atoms with van der Waals surface area (Å²) in [5.74, 6) is 3.33. The van der Waals surface area contributed by atoms with Gasteiger partial charge in [-0.2, -0.15) is 0 Å². The molecule has 1 aromatic rings. The van der Waals surface area contributed by atoms with E-state index in [0.717, 1.165) is 24.6 Å². The van der Waals surface area contributed by atoms with Crippen molar-refractivity contribution in [3.8, 4) is 12.3 Å². The van der Waals surface area contributed by atoms with Crippen LogP contribution < -0.4 is 10.2 Å². The van der Waals surface area contributed by atoms with Gasteiger partial charge in [-0.25, -0.2) is 9.97 Å². The Morgan fingerprint density at radius 2 is 1.88 bits per heavy atom. The third-order valence-electron chi connectivity index (χ3n) is 3.30. The van der Waals surface area contributed by atoms with E-state index in [-0.39, 0.29) is 0 Å². The molecule has 4 heteroatoms. The topological polar surface area (TPSA) is 41.1 Å². The molecule has 2 bridgehead atoms. The van der Waals surface area contributed by atoms with Gasteiger partial charge in [-0.05, 0) is 12.8 Å².